The van der Waals surface area contributed by atoms with Crippen molar-refractivity contribution in [3.05, 3.63) is 17.5 Å². The minimum absolute atomic E-state index is 0.123. The maximum atomic E-state index is 5.71. The second kappa shape index (κ2) is 2.10. The molecule has 2 heterocycles. The number of furan rings is 1. The minimum atomic E-state index is 0.123. The molecule has 0 aliphatic heterocycles. The van der Waals surface area contributed by atoms with Gasteiger partial charge in [0.2, 0.25) is 11.7 Å². The Labute approximate surface area is 67.0 Å². The fourth-order valence-corrected chi connectivity index (χ4v) is 1.07. The number of anilines is 1. The maximum Gasteiger partial charge on any atom is 0.232 e. The second-order valence-corrected chi connectivity index (χ2v) is 2.37. The highest BCUT2D eigenvalue weighted by atomic mass is 35.5. The van der Waals surface area contributed by atoms with Gasteiger partial charge >= 0.3 is 0 Å². The Balaban J connectivity index is 2.91. The molecule has 2 aromatic rings. The van der Waals surface area contributed by atoms with Crippen LogP contribution in [-0.2, 0) is 0 Å². The summed E-state index contributed by atoms with van der Waals surface area (Å²) in [6.45, 7) is 0. The lowest BCUT2D eigenvalue weighted by Gasteiger charge is -1.92. The van der Waals surface area contributed by atoms with E-state index in [1.807, 2.05) is 0 Å². The molecule has 56 valence electrons. The van der Waals surface area contributed by atoms with E-state index in [0.717, 1.165) is 0 Å². The van der Waals surface area contributed by atoms with Crippen molar-refractivity contribution < 1.29 is 4.42 Å². The molecule has 0 saturated carbocycles. The van der Waals surface area contributed by atoms with E-state index < -0.39 is 0 Å². The molecule has 0 spiro atoms. The number of nitrogen functional groups attached to an aromatic ring is 1. The summed E-state index contributed by atoms with van der Waals surface area (Å²) >= 11 is 5.71. The number of nitrogens with zero attached hydrogens (tertiary/aromatic N) is 2. The number of fused-ring (bicyclic) bond motifs is 1. The third kappa shape index (κ3) is 0.914. The number of halogens is 1. The highest BCUT2D eigenvalue weighted by molar-refractivity contribution is 6.33. The van der Waals surface area contributed by atoms with Crippen molar-refractivity contribution >= 4 is 28.6 Å². The summed E-state index contributed by atoms with van der Waals surface area (Å²) in [4.78, 5) is 7.56. The first-order valence-electron chi connectivity index (χ1n) is 2.93. The Morgan fingerprint density at radius 1 is 1.45 bits per heavy atom. The van der Waals surface area contributed by atoms with Gasteiger partial charge in [-0.05, 0) is 6.07 Å². The predicted molar refractivity (Wildman–Crippen MR) is 41.2 cm³/mol. The van der Waals surface area contributed by atoms with Crippen LogP contribution in [0, 0.1) is 0 Å². The zero-order chi connectivity index (χ0) is 7.84. The van der Waals surface area contributed by atoms with Crippen LogP contribution >= 0.6 is 11.6 Å². The molecule has 2 aromatic heterocycles. The normalized spacial score (nSPS) is 10.6. The number of nitrogens with two attached hydrogens (primary N) is 1. The van der Waals surface area contributed by atoms with Gasteiger partial charge in [-0.1, -0.05) is 11.6 Å². The largest absolute Gasteiger partial charge is 0.446 e. The Kier molecular flexibility index (Phi) is 1.22. The van der Waals surface area contributed by atoms with Gasteiger partial charge in [-0.2, -0.15) is 4.98 Å². The molecule has 0 unspecified atom stereocenters. The summed E-state index contributed by atoms with van der Waals surface area (Å²) in [7, 11) is 0. The molecule has 0 aromatic carbocycles. The molecule has 0 aliphatic carbocycles. The lowest BCUT2D eigenvalue weighted by atomic mass is 10.4. The molecule has 11 heavy (non-hydrogen) atoms. The summed E-state index contributed by atoms with van der Waals surface area (Å²) in [5, 5.41) is 1.00. The molecule has 4 nitrogen and oxygen atoms in total. The molecule has 0 bridgehead atoms. The van der Waals surface area contributed by atoms with Crippen LogP contribution in [0.25, 0.3) is 11.1 Å². The smallest absolute Gasteiger partial charge is 0.232 e. The summed E-state index contributed by atoms with van der Waals surface area (Å²) in [6, 6.07) is 1.69. The standard InChI is InChI=1S/C6H4ClN3O/c7-4-3-1-2-11-5(3)10-6(8)9-4/h1-2H,(H2,8,9,10). The van der Waals surface area contributed by atoms with E-state index in [4.69, 9.17) is 21.8 Å². The lowest BCUT2D eigenvalue weighted by Crippen LogP contribution is -1.93. The first kappa shape index (κ1) is 6.42. The van der Waals surface area contributed by atoms with Crippen molar-refractivity contribution in [2.45, 2.75) is 0 Å². The molecule has 0 aliphatic rings. The average molecular weight is 170 g/mol. The first-order valence-corrected chi connectivity index (χ1v) is 3.31. The van der Waals surface area contributed by atoms with Crippen molar-refractivity contribution in [1.82, 2.24) is 9.97 Å². The third-order valence-corrected chi connectivity index (χ3v) is 1.58. The van der Waals surface area contributed by atoms with Crippen LogP contribution in [0.4, 0.5) is 5.95 Å². The molecule has 0 atom stereocenters. The quantitative estimate of drug-likeness (QED) is 0.607. The Hall–Kier alpha value is -1.29. The predicted octanol–water partition coefficient (Wildman–Crippen LogP) is 1.46. The van der Waals surface area contributed by atoms with Gasteiger partial charge in [-0.25, -0.2) is 4.98 Å². The summed E-state index contributed by atoms with van der Waals surface area (Å²) in [5.74, 6) is 0.123. The van der Waals surface area contributed by atoms with Gasteiger partial charge < -0.3 is 10.2 Å². The van der Waals surface area contributed by atoms with E-state index in [9.17, 15) is 0 Å². The van der Waals surface area contributed by atoms with E-state index in [2.05, 4.69) is 9.97 Å². The van der Waals surface area contributed by atoms with Gasteiger partial charge in [0.25, 0.3) is 0 Å². The van der Waals surface area contributed by atoms with Crippen LogP contribution in [0.3, 0.4) is 0 Å². The third-order valence-electron chi connectivity index (χ3n) is 1.30. The maximum absolute atomic E-state index is 5.71. The zero-order valence-electron chi connectivity index (χ0n) is 5.41. The molecule has 0 saturated heterocycles. The number of rotatable bonds is 0. The molecule has 2 rings (SSSR count). The van der Waals surface area contributed by atoms with Crippen LogP contribution in [0.1, 0.15) is 0 Å². The van der Waals surface area contributed by atoms with E-state index in [1.54, 1.807) is 6.07 Å². The second-order valence-electron chi connectivity index (χ2n) is 2.01. The molecule has 0 amide bonds. The van der Waals surface area contributed by atoms with Crippen molar-refractivity contribution in [1.29, 1.82) is 0 Å². The fourth-order valence-electron chi connectivity index (χ4n) is 0.835. The van der Waals surface area contributed by atoms with Crippen molar-refractivity contribution in [3.63, 3.8) is 0 Å². The molecule has 5 heteroatoms. The topological polar surface area (TPSA) is 64.9 Å². The SMILES string of the molecule is Nc1nc(Cl)c2ccoc2n1. The van der Waals surface area contributed by atoms with E-state index in [1.165, 1.54) is 6.26 Å². The highest BCUT2D eigenvalue weighted by Gasteiger charge is 2.04. The van der Waals surface area contributed by atoms with Crippen LogP contribution in [-0.4, -0.2) is 9.97 Å². The van der Waals surface area contributed by atoms with Crippen molar-refractivity contribution in [2.24, 2.45) is 0 Å². The van der Waals surface area contributed by atoms with Gasteiger partial charge in [0.05, 0.1) is 11.6 Å². The number of hydrogen-bond donors (Lipinski definition) is 1. The molecule has 2 N–H and O–H groups in total. The minimum Gasteiger partial charge on any atom is -0.446 e. The lowest BCUT2D eigenvalue weighted by molar-refractivity contribution is 0.603. The van der Waals surface area contributed by atoms with Crippen molar-refractivity contribution in [2.75, 3.05) is 5.73 Å². The van der Waals surface area contributed by atoms with Gasteiger partial charge in [-0.15, -0.1) is 0 Å². The van der Waals surface area contributed by atoms with Crippen molar-refractivity contribution in [3.8, 4) is 0 Å². The fraction of sp³-hybridized carbons (Fsp3) is 0. The Morgan fingerprint density at radius 2 is 2.27 bits per heavy atom. The van der Waals surface area contributed by atoms with Crippen LogP contribution in [0.15, 0.2) is 16.7 Å². The summed E-state index contributed by atoms with van der Waals surface area (Å²) < 4.78 is 4.96. The molecule has 0 fully saturated rings. The monoisotopic (exact) mass is 169 g/mol. The first-order chi connectivity index (χ1) is 5.27. The number of aromatic nitrogens is 2. The van der Waals surface area contributed by atoms with E-state index >= 15 is 0 Å². The van der Waals surface area contributed by atoms with E-state index in [0.29, 0.717) is 16.3 Å². The Morgan fingerprint density at radius 3 is 3.09 bits per heavy atom. The van der Waals surface area contributed by atoms with E-state index in [-0.39, 0.29) is 5.95 Å². The summed E-state index contributed by atoms with van der Waals surface area (Å²) in [5.41, 5.74) is 5.74. The van der Waals surface area contributed by atoms with Gasteiger partial charge in [0.15, 0.2) is 0 Å². The molecular weight excluding hydrogens is 166 g/mol. The van der Waals surface area contributed by atoms with Gasteiger partial charge in [0.1, 0.15) is 5.15 Å². The Bertz CT molecular complexity index is 398. The molecular formula is C6H4ClN3O. The molecule has 0 radical (unpaired) electrons. The van der Waals surface area contributed by atoms with Crippen LogP contribution in [0.5, 0.6) is 0 Å². The van der Waals surface area contributed by atoms with Gasteiger partial charge in [-0.3, -0.25) is 0 Å². The van der Waals surface area contributed by atoms with Crippen LogP contribution < -0.4 is 5.73 Å². The summed E-state index contributed by atoms with van der Waals surface area (Å²) in [6.07, 6.45) is 1.49. The van der Waals surface area contributed by atoms with Crippen LogP contribution in [0.2, 0.25) is 5.15 Å². The average Bonchev–Trinajstić information content (AvgIpc) is 2.34. The highest BCUT2D eigenvalue weighted by Crippen LogP contribution is 2.21. The number of hydrogen-bond acceptors (Lipinski definition) is 4. The zero-order valence-corrected chi connectivity index (χ0v) is 6.17. The van der Waals surface area contributed by atoms with Gasteiger partial charge in [0, 0.05) is 0 Å².